The quantitative estimate of drug-likeness (QED) is 0.812. The van der Waals surface area contributed by atoms with Crippen LogP contribution in [0.15, 0.2) is 54.6 Å². The molecule has 0 saturated carbocycles. The van der Waals surface area contributed by atoms with Crippen LogP contribution in [-0.4, -0.2) is 18.0 Å². The molecule has 0 amide bonds. The molecule has 1 aliphatic rings. The number of nitrogens with zero attached hydrogens (tertiary/aromatic N) is 1. The predicted octanol–water partition coefficient (Wildman–Crippen LogP) is 4.25. The fourth-order valence-electron chi connectivity index (χ4n) is 2.80. The maximum absolute atomic E-state index is 5.77. The second-order valence-electron chi connectivity index (χ2n) is 5.76. The monoisotopic (exact) mass is 281 g/mol. The number of likely N-dealkylation sites (tertiary alicyclic amines) is 1. The fraction of sp³-hybridized carbons (Fsp3) is 0.368. The van der Waals surface area contributed by atoms with Gasteiger partial charge in [-0.15, -0.1) is 0 Å². The van der Waals surface area contributed by atoms with Crippen LogP contribution in [-0.2, 0) is 13.2 Å². The van der Waals surface area contributed by atoms with Crippen molar-refractivity contribution in [2.45, 2.75) is 32.4 Å². The molecule has 2 nitrogen and oxygen atoms in total. The summed E-state index contributed by atoms with van der Waals surface area (Å²) in [6, 6.07) is 18.8. The Morgan fingerprint density at radius 3 is 2.14 bits per heavy atom. The highest BCUT2D eigenvalue weighted by atomic mass is 16.5. The van der Waals surface area contributed by atoms with Crippen molar-refractivity contribution in [3.05, 3.63) is 65.7 Å². The van der Waals surface area contributed by atoms with Gasteiger partial charge in [-0.2, -0.15) is 0 Å². The zero-order valence-electron chi connectivity index (χ0n) is 12.5. The summed E-state index contributed by atoms with van der Waals surface area (Å²) in [6.07, 6.45) is 4.10. The van der Waals surface area contributed by atoms with Crippen LogP contribution in [0.25, 0.3) is 0 Å². The van der Waals surface area contributed by atoms with E-state index < -0.39 is 0 Å². The SMILES string of the molecule is c1ccc(OCc2ccc(CN3CCCCC3)cc2)cc1. The Morgan fingerprint density at radius 2 is 1.43 bits per heavy atom. The highest BCUT2D eigenvalue weighted by Gasteiger charge is 2.10. The minimum atomic E-state index is 0.633. The Kier molecular flexibility index (Phi) is 4.90. The largest absolute Gasteiger partial charge is 0.489 e. The summed E-state index contributed by atoms with van der Waals surface area (Å²) in [5.74, 6) is 0.926. The van der Waals surface area contributed by atoms with Crippen LogP contribution in [0.3, 0.4) is 0 Å². The van der Waals surface area contributed by atoms with Crippen molar-refractivity contribution in [1.29, 1.82) is 0 Å². The van der Waals surface area contributed by atoms with Crippen molar-refractivity contribution in [1.82, 2.24) is 4.90 Å². The Morgan fingerprint density at radius 1 is 0.762 bits per heavy atom. The zero-order chi connectivity index (χ0) is 14.3. The maximum atomic E-state index is 5.77. The van der Waals surface area contributed by atoms with Gasteiger partial charge in [0.15, 0.2) is 0 Å². The van der Waals surface area contributed by atoms with E-state index in [0.717, 1.165) is 12.3 Å². The minimum Gasteiger partial charge on any atom is -0.489 e. The van der Waals surface area contributed by atoms with Crippen LogP contribution in [0.1, 0.15) is 30.4 Å². The number of hydrogen-bond acceptors (Lipinski definition) is 2. The molecular formula is C19H23NO. The summed E-state index contributed by atoms with van der Waals surface area (Å²) in [5, 5.41) is 0. The summed E-state index contributed by atoms with van der Waals surface area (Å²) in [5.41, 5.74) is 2.63. The van der Waals surface area contributed by atoms with Crippen LogP contribution in [0.2, 0.25) is 0 Å². The minimum absolute atomic E-state index is 0.633. The van der Waals surface area contributed by atoms with E-state index >= 15 is 0 Å². The summed E-state index contributed by atoms with van der Waals surface area (Å²) in [7, 11) is 0. The maximum Gasteiger partial charge on any atom is 0.119 e. The number of benzene rings is 2. The van der Waals surface area contributed by atoms with Gasteiger partial charge in [0.25, 0.3) is 0 Å². The molecule has 0 aliphatic carbocycles. The number of hydrogen-bond donors (Lipinski definition) is 0. The average molecular weight is 281 g/mol. The van der Waals surface area contributed by atoms with E-state index in [2.05, 4.69) is 29.2 Å². The molecule has 0 atom stereocenters. The van der Waals surface area contributed by atoms with Gasteiger partial charge in [0.1, 0.15) is 12.4 Å². The molecule has 1 heterocycles. The lowest BCUT2D eigenvalue weighted by Gasteiger charge is -2.26. The van der Waals surface area contributed by atoms with Crippen LogP contribution in [0.5, 0.6) is 5.75 Å². The lowest BCUT2D eigenvalue weighted by molar-refractivity contribution is 0.221. The van der Waals surface area contributed by atoms with Gasteiger partial charge >= 0.3 is 0 Å². The van der Waals surface area contributed by atoms with Crippen LogP contribution in [0.4, 0.5) is 0 Å². The standard InChI is InChI=1S/C19H23NO/c1-3-7-19(8-4-1)21-16-18-11-9-17(10-12-18)15-20-13-5-2-6-14-20/h1,3-4,7-12H,2,5-6,13-16H2. The van der Waals surface area contributed by atoms with E-state index in [1.165, 1.54) is 43.5 Å². The molecule has 0 aromatic heterocycles. The van der Waals surface area contributed by atoms with Gasteiger partial charge < -0.3 is 4.74 Å². The summed E-state index contributed by atoms with van der Waals surface area (Å²) >= 11 is 0. The van der Waals surface area contributed by atoms with Crippen LogP contribution >= 0.6 is 0 Å². The molecule has 1 saturated heterocycles. The molecule has 2 heteroatoms. The number of para-hydroxylation sites is 1. The molecule has 1 fully saturated rings. The van der Waals surface area contributed by atoms with Crippen LogP contribution in [0, 0.1) is 0 Å². The van der Waals surface area contributed by atoms with Crippen molar-refractivity contribution >= 4 is 0 Å². The van der Waals surface area contributed by atoms with Crippen molar-refractivity contribution in [3.63, 3.8) is 0 Å². The third-order valence-corrected chi connectivity index (χ3v) is 4.03. The number of rotatable bonds is 5. The second-order valence-corrected chi connectivity index (χ2v) is 5.76. The van der Waals surface area contributed by atoms with Gasteiger partial charge in [0, 0.05) is 6.54 Å². The lowest BCUT2D eigenvalue weighted by Crippen LogP contribution is -2.29. The first-order valence-corrected chi connectivity index (χ1v) is 7.88. The molecule has 0 radical (unpaired) electrons. The Bertz CT molecular complexity index is 529. The first-order valence-electron chi connectivity index (χ1n) is 7.88. The Labute approximate surface area is 127 Å². The highest BCUT2D eigenvalue weighted by Crippen LogP contribution is 2.15. The first-order chi connectivity index (χ1) is 10.4. The van der Waals surface area contributed by atoms with E-state index in [9.17, 15) is 0 Å². The molecule has 0 spiro atoms. The Balaban J connectivity index is 1.51. The highest BCUT2D eigenvalue weighted by molar-refractivity contribution is 5.24. The van der Waals surface area contributed by atoms with Gasteiger partial charge in [-0.25, -0.2) is 0 Å². The first kappa shape index (κ1) is 14.2. The third-order valence-electron chi connectivity index (χ3n) is 4.03. The van der Waals surface area contributed by atoms with E-state index in [1.54, 1.807) is 0 Å². The molecule has 0 N–H and O–H groups in total. The number of piperidine rings is 1. The molecule has 2 aromatic rings. The van der Waals surface area contributed by atoms with Gasteiger partial charge in [0.05, 0.1) is 0 Å². The Hall–Kier alpha value is -1.80. The van der Waals surface area contributed by atoms with E-state index in [4.69, 9.17) is 4.74 Å². The lowest BCUT2D eigenvalue weighted by atomic mass is 10.1. The molecule has 110 valence electrons. The van der Waals surface area contributed by atoms with Gasteiger partial charge in [-0.1, -0.05) is 48.9 Å². The topological polar surface area (TPSA) is 12.5 Å². The summed E-state index contributed by atoms with van der Waals surface area (Å²) < 4.78 is 5.77. The van der Waals surface area contributed by atoms with Crippen molar-refractivity contribution in [3.8, 4) is 5.75 Å². The fourth-order valence-corrected chi connectivity index (χ4v) is 2.80. The van der Waals surface area contributed by atoms with Crippen molar-refractivity contribution in [2.75, 3.05) is 13.1 Å². The molecule has 0 bridgehead atoms. The van der Waals surface area contributed by atoms with Crippen molar-refractivity contribution < 1.29 is 4.74 Å². The van der Waals surface area contributed by atoms with E-state index in [-0.39, 0.29) is 0 Å². The molecule has 0 unspecified atom stereocenters. The van der Waals surface area contributed by atoms with Gasteiger partial charge in [-0.3, -0.25) is 4.90 Å². The summed E-state index contributed by atoms with van der Waals surface area (Å²) in [6.45, 7) is 4.21. The van der Waals surface area contributed by atoms with E-state index in [0.29, 0.717) is 6.61 Å². The predicted molar refractivity (Wildman–Crippen MR) is 86.3 cm³/mol. The second kappa shape index (κ2) is 7.28. The molecule has 2 aromatic carbocycles. The smallest absolute Gasteiger partial charge is 0.119 e. The zero-order valence-corrected chi connectivity index (χ0v) is 12.5. The number of ether oxygens (including phenoxy) is 1. The van der Waals surface area contributed by atoms with E-state index in [1.807, 2.05) is 30.3 Å². The normalized spacial score (nSPS) is 15.8. The van der Waals surface area contributed by atoms with Gasteiger partial charge in [-0.05, 0) is 49.2 Å². The third kappa shape index (κ3) is 4.33. The van der Waals surface area contributed by atoms with Crippen LogP contribution < -0.4 is 4.74 Å². The summed E-state index contributed by atoms with van der Waals surface area (Å²) in [4.78, 5) is 2.55. The molecule has 21 heavy (non-hydrogen) atoms. The molecule has 3 rings (SSSR count). The molecule has 1 aliphatic heterocycles. The van der Waals surface area contributed by atoms with Gasteiger partial charge in [0.2, 0.25) is 0 Å². The van der Waals surface area contributed by atoms with Crippen molar-refractivity contribution in [2.24, 2.45) is 0 Å². The average Bonchev–Trinajstić information content (AvgIpc) is 2.56. The molecular weight excluding hydrogens is 258 g/mol.